The Kier molecular flexibility index (Phi) is 6.29. The number of pyridine rings is 1. The maximum absolute atomic E-state index is 12.0. The minimum absolute atomic E-state index is 0.156. The van der Waals surface area contributed by atoms with Crippen LogP contribution < -0.4 is 5.56 Å². The monoisotopic (exact) mass is 267 g/mol. The van der Waals surface area contributed by atoms with Gasteiger partial charge in [0.05, 0.1) is 6.61 Å². The van der Waals surface area contributed by atoms with E-state index in [0.29, 0.717) is 25.2 Å². The van der Waals surface area contributed by atoms with Crippen LogP contribution in [0.25, 0.3) is 0 Å². The number of carbonyl (C=O) groups excluding carboxylic acids is 1. The van der Waals surface area contributed by atoms with Gasteiger partial charge in [0.2, 0.25) is 0 Å². The highest BCUT2D eigenvalue weighted by atomic mass is 16.6. The molecule has 1 aromatic heterocycles. The van der Waals surface area contributed by atoms with Gasteiger partial charge in [0.15, 0.2) is 0 Å². The summed E-state index contributed by atoms with van der Waals surface area (Å²) in [5, 5.41) is 0. The summed E-state index contributed by atoms with van der Waals surface area (Å²) in [6.45, 7) is 6.63. The second-order valence-electron chi connectivity index (χ2n) is 4.19. The number of nitrogens with zero attached hydrogens (tertiary/aromatic N) is 1. The summed E-state index contributed by atoms with van der Waals surface area (Å²) in [5.41, 5.74) is 0.458. The van der Waals surface area contributed by atoms with E-state index in [1.165, 1.54) is 4.57 Å². The lowest BCUT2D eigenvalue weighted by atomic mass is 10.2. The van der Waals surface area contributed by atoms with Gasteiger partial charge in [0, 0.05) is 18.4 Å². The third-order valence-electron chi connectivity index (χ3n) is 2.84. The van der Waals surface area contributed by atoms with E-state index in [1.807, 2.05) is 13.8 Å². The molecule has 0 saturated carbocycles. The summed E-state index contributed by atoms with van der Waals surface area (Å²) in [6.07, 6.45) is 2.13. The van der Waals surface area contributed by atoms with Crippen molar-refractivity contribution in [2.24, 2.45) is 0 Å². The summed E-state index contributed by atoms with van der Waals surface area (Å²) >= 11 is 0. The summed E-state index contributed by atoms with van der Waals surface area (Å²) in [4.78, 5) is 23.9. The molecular weight excluding hydrogens is 246 g/mol. The Morgan fingerprint density at radius 1 is 1.37 bits per heavy atom. The predicted octanol–water partition coefficient (Wildman–Crippen LogP) is 1.69. The van der Waals surface area contributed by atoms with Crippen molar-refractivity contribution < 1.29 is 14.3 Å². The van der Waals surface area contributed by atoms with E-state index in [9.17, 15) is 9.59 Å². The molecule has 0 saturated heterocycles. The van der Waals surface area contributed by atoms with Crippen molar-refractivity contribution in [2.75, 3.05) is 19.8 Å². The Morgan fingerprint density at radius 2 is 2.11 bits per heavy atom. The van der Waals surface area contributed by atoms with Crippen molar-refractivity contribution in [3.05, 3.63) is 34.2 Å². The van der Waals surface area contributed by atoms with Gasteiger partial charge in [-0.2, -0.15) is 0 Å². The van der Waals surface area contributed by atoms with Gasteiger partial charge in [0.25, 0.3) is 5.56 Å². The summed E-state index contributed by atoms with van der Waals surface area (Å²) < 4.78 is 11.7. The minimum atomic E-state index is -0.575. The highest BCUT2D eigenvalue weighted by Crippen LogP contribution is 2.11. The molecule has 0 aliphatic carbocycles. The molecule has 0 fully saturated rings. The quantitative estimate of drug-likeness (QED) is 0.557. The molecule has 0 aliphatic heterocycles. The first-order valence-corrected chi connectivity index (χ1v) is 6.53. The number of esters is 1. The lowest BCUT2D eigenvalue weighted by Gasteiger charge is -2.17. The summed E-state index contributed by atoms with van der Waals surface area (Å²) in [7, 11) is 0. The average Bonchev–Trinajstić information content (AvgIpc) is 2.40. The molecule has 5 nitrogen and oxygen atoms in total. The molecule has 0 aromatic carbocycles. The Bertz CT molecular complexity index is 467. The van der Waals surface area contributed by atoms with Crippen LogP contribution in [0.1, 0.15) is 31.9 Å². The standard InChI is InChI=1S/C14H21NO4/c1-4-12(14(17)19-10-9-18-5-2)15-8-6-7-11(3)13(15)16/h6-8,12H,4-5,9-10H2,1-3H3. The first-order valence-electron chi connectivity index (χ1n) is 6.53. The third-order valence-corrected chi connectivity index (χ3v) is 2.84. The van der Waals surface area contributed by atoms with Gasteiger partial charge in [-0.3, -0.25) is 4.79 Å². The molecule has 0 radical (unpaired) electrons. The lowest BCUT2D eigenvalue weighted by Crippen LogP contribution is -2.31. The molecule has 0 N–H and O–H groups in total. The average molecular weight is 267 g/mol. The van der Waals surface area contributed by atoms with Crippen LogP contribution in [0.4, 0.5) is 0 Å². The van der Waals surface area contributed by atoms with Crippen molar-refractivity contribution in [1.29, 1.82) is 0 Å². The fourth-order valence-corrected chi connectivity index (χ4v) is 1.79. The fourth-order valence-electron chi connectivity index (χ4n) is 1.79. The number of aromatic nitrogens is 1. The molecule has 1 atom stereocenters. The van der Waals surface area contributed by atoms with Crippen LogP contribution in [0, 0.1) is 6.92 Å². The number of hydrogen-bond donors (Lipinski definition) is 0. The van der Waals surface area contributed by atoms with Crippen LogP contribution in [0.5, 0.6) is 0 Å². The Morgan fingerprint density at radius 3 is 2.74 bits per heavy atom. The van der Waals surface area contributed by atoms with Crippen LogP contribution in [-0.2, 0) is 14.3 Å². The maximum atomic E-state index is 12.0. The molecule has 0 bridgehead atoms. The molecule has 0 spiro atoms. The van der Waals surface area contributed by atoms with E-state index in [2.05, 4.69) is 0 Å². The maximum Gasteiger partial charge on any atom is 0.329 e. The zero-order valence-electron chi connectivity index (χ0n) is 11.7. The van der Waals surface area contributed by atoms with Crippen LogP contribution in [0.3, 0.4) is 0 Å². The smallest absolute Gasteiger partial charge is 0.329 e. The van der Waals surface area contributed by atoms with Crippen molar-refractivity contribution >= 4 is 5.97 Å². The fraction of sp³-hybridized carbons (Fsp3) is 0.571. The minimum Gasteiger partial charge on any atom is -0.462 e. The van der Waals surface area contributed by atoms with E-state index in [1.54, 1.807) is 25.3 Å². The van der Waals surface area contributed by atoms with E-state index in [0.717, 1.165) is 0 Å². The number of aryl methyl sites for hydroxylation is 1. The van der Waals surface area contributed by atoms with Crippen LogP contribution >= 0.6 is 0 Å². The lowest BCUT2D eigenvalue weighted by molar-refractivity contribution is -0.149. The first kappa shape index (κ1) is 15.4. The molecule has 0 amide bonds. The van der Waals surface area contributed by atoms with Gasteiger partial charge < -0.3 is 14.0 Å². The molecule has 1 rings (SSSR count). The second-order valence-corrected chi connectivity index (χ2v) is 4.19. The first-order chi connectivity index (χ1) is 9.11. The van der Waals surface area contributed by atoms with E-state index in [4.69, 9.17) is 9.47 Å². The van der Waals surface area contributed by atoms with Gasteiger partial charge in [0.1, 0.15) is 12.6 Å². The van der Waals surface area contributed by atoms with Gasteiger partial charge in [-0.1, -0.05) is 13.0 Å². The Balaban J connectivity index is 2.74. The summed E-state index contributed by atoms with van der Waals surface area (Å²) in [6, 6.07) is 2.91. The number of hydrogen-bond acceptors (Lipinski definition) is 4. The van der Waals surface area contributed by atoms with Crippen LogP contribution in [0.2, 0.25) is 0 Å². The van der Waals surface area contributed by atoms with Crippen molar-refractivity contribution in [3.63, 3.8) is 0 Å². The number of carbonyl (C=O) groups is 1. The SMILES string of the molecule is CCOCCOC(=O)C(CC)n1cccc(C)c1=O. The molecule has 1 heterocycles. The zero-order valence-corrected chi connectivity index (χ0v) is 11.7. The Labute approximate surface area is 113 Å². The molecule has 5 heteroatoms. The highest BCUT2D eigenvalue weighted by Gasteiger charge is 2.21. The van der Waals surface area contributed by atoms with E-state index in [-0.39, 0.29) is 12.2 Å². The summed E-state index contributed by atoms with van der Waals surface area (Å²) in [5.74, 6) is -0.394. The van der Waals surface area contributed by atoms with Crippen LogP contribution in [-0.4, -0.2) is 30.4 Å². The van der Waals surface area contributed by atoms with E-state index < -0.39 is 12.0 Å². The second kappa shape index (κ2) is 7.74. The van der Waals surface area contributed by atoms with Gasteiger partial charge in [-0.15, -0.1) is 0 Å². The van der Waals surface area contributed by atoms with Crippen molar-refractivity contribution in [1.82, 2.24) is 4.57 Å². The molecule has 106 valence electrons. The van der Waals surface area contributed by atoms with Crippen molar-refractivity contribution in [2.45, 2.75) is 33.2 Å². The molecule has 1 unspecified atom stereocenters. The van der Waals surface area contributed by atoms with E-state index >= 15 is 0 Å². The highest BCUT2D eigenvalue weighted by molar-refractivity contribution is 5.74. The Hall–Kier alpha value is -1.62. The van der Waals surface area contributed by atoms with Gasteiger partial charge >= 0.3 is 5.97 Å². The number of ether oxygens (including phenoxy) is 2. The molecule has 19 heavy (non-hydrogen) atoms. The zero-order chi connectivity index (χ0) is 14.3. The normalized spacial score (nSPS) is 12.2. The topological polar surface area (TPSA) is 57.5 Å². The van der Waals surface area contributed by atoms with Gasteiger partial charge in [-0.25, -0.2) is 4.79 Å². The van der Waals surface area contributed by atoms with Gasteiger partial charge in [-0.05, 0) is 26.3 Å². The number of rotatable bonds is 7. The predicted molar refractivity (Wildman–Crippen MR) is 72.2 cm³/mol. The largest absolute Gasteiger partial charge is 0.462 e. The molecule has 1 aromatic rings. The molecule has 0 aliphatic rings. The van der Waals surface area contributed by atoms with Crippen molar-refractivity contribution in [3.8, 4) is 0 Å². The third kappa shape index (κ3) is 4.21. The van der Waals surface area contributed by atoms with Crippen LogP contribution in [0.15, 0.2) is 23.1 Å². The molecular formula is C14H21NO4.